The van der Waals surface area contributed by atoms with Crippen LogP contribution in [0.3, 0.4) is 0 Å². The Bertz CT molecular complexity index is 739. The number of hydrogen-bond donors (Lipinski definition) is 1. The van der Waals surface area contributed by atoms with Crippen LogP contribution in [0, 0.1) is 0 Å². The number of nitrogens with zero attached hydrogens (tertiary/aromatic N) is 5. The molecule has 1 fully saturated rings. The van der Waals surface area contributed by atoms with E-state index in [1.807, 2.05) is 25.2 Å². The highest BCUT2D eigenvalue weighted by atomic mass is 127. The molecule has 4 heterocycles. The monoisotopic (exact) mass is 482 g/mol. The van der Waals surface area contributed by atoms with Crippen molar-refractivity contribution in [1.82, 2.24) is 24.8 Å². The topological polar surface area (TPSA) is 67.6 Å². The number of ether oxygens (including phenoxy) is 1. The molecule has 2 aromatic heterocycles. The van der Waals surface area contributed by atoms with Gasteiger partial charge in [0.1, 0.15) is 11.9 Å². The molecule has 1 saturated heterocycles. The molecule has 2 aromatic rings. The number of pyridine rings is 1. The number of aromatic nitrogens is 3. The van der Waals surface area contributed by atoms with Gasteiger partial charge in [-0.25, -0.2) is 9.97 Å². The fourth-order valence-electron chi connectivity index (χ4n) is 3.66. The number of fused-ring (bicyclic) bond motifs is 1. The first kappa shape index (κ1) is 19.9. The molecule has 27 heavy (non-hydrogen) atoms. The van der Waals surface area contributed by atoms with Gasteiger partial charge in [0.05, 0.1) is 18.8 Å². The number of rotatable bonds is 4. The van der Waals surface area contributed by atoms with Crippen molar-refractivity contribution in [1.29, 1.82) is 0 Å². The van der Waals surface area contributed by atoms with Crippen molar-refractivity contribution in [3.8, 4) is 5.88 Å². The third-order valence-corrected chi connectivity index (χ3v) is 4.97. The molecule has 0 bridgehead atoms. The molecule has 0 radical (unpaired) electrons. The molecule has 0 aliphatic carbocycles. The van der Waals surface area contributed by atoms with Crippen molar-refractivity contribution >= 4 is 29.9 Å². The number of aliphatic imine (C=N–C) groups is 1. The Balaban J connectivity index is 0.00000210. The molecule has 2 aliphatic rings. The van der Waals surface area contributed by atoms with Crippen LogP contribution in [0.1, 0.15) is 30.8 Å². The number of guanidine groups is 1. The third kappa shape index (κ3) is 4.91. The van der Waals surface area contributed by atoms with E-state index in [-0.39, 0.29) is 30.1 Å². The lowest BCUT2D eigenvalue weighted by Crippen LogP contribution is -2.40. The second-order valence-corrected chi connectivity index (χ2v) is 6.84. The van der Waals surface area contributed by atoms with Crippen LogP contribution in [0.25, 0.3) is 0 Å². The predicted molar refractivity (Wildman–Crippen MR) is 116 cm³/mol. The van der Waals surface area contributed by atoms with Gasteiger partial charge in [0.2, 0.25) is 5.88 Å². The molecule has 1 atom stereocenters. The van der Waals surface area contributed by atoms with E-state index >= 15 is 0 Å². The molecule has 0 saturated carbocycles. The first-order valence-corrected chi connectivity index (χ1v) is 9.40. The van der Waals surface area contributed by atoms with Gasteiger partial charge in [-0.15, -0.1) is 24.0 Å². The van der Waals surface area contributed by atoms with Gasteiger partial charge in [-0.2, -0.15) is 0 Å². The van der Waals surface area contributed by atoms with Crippen LogP contribution in [0.4, 0.5) is 0 Å². The molecule has 0 amide bonds. The van der Waals surface area contributed by atoms with Crippen LogP contribution >= 0.6 is 24.0 Å². The Hall–Kier alpha value is -1.84. The molecule has 7 nitrogen and oxygen atoms in total. The van der Waals surface area contributed by atoms with E-state index in [2.05, 4.69) is 31.0 Å². The van der Waals surface area contributed by atoms with E-state index in [9.17, 15) is 0 Å². The van der Waals surface area contributed by atoms with E-state index < -0.39 is 0 Å². The van der Waals surface area contributed by atoms with Crippen LogP contribution < -0.4 is 10.1 Å². The number of halogens is 1. The maximum absolute atomic E-state index is 5.97. The third-order valence-electron chi connectivity index (χ3n) is 4.97. The number of likely N-dealkylation sites (tertiary alicyclic amines) is 1. The summed E-state index contributed by atoms with van der Waals surface area (Å²) < 4.78 is 8.25. The summed E-state index contributed by atoms with van der Waals surface area (Å²) >= 11 is 0. The zero-order valence-electron chi connectivity index (χ0n) is 15.7. The van der Waals surface area contributed by atoms with Crippen molar-refractivity contribution in [3.63, 3.8) is 0 Å². The summed E-state index contributed by atoms with van der Waals surface area (Å²) in [7, 11) is 1.83. The van der Waals surface area contributed by atoms with Gasteiger partial charge in [0.15, 0.2) is 5.96 Å². The van der Waals surface area contributed by atoms with Crippen molar-refractivity contribution < 1.29 is 4.74 Å². The molecular formula is C19H27IN6O. The maximum Gasteiger partial charge on any atom is 0.213 e. The largest absolute Gasteiger partial charge is 0.472 e. The summed E-state index contributed by atoms with van der Waals surface area (Å²) in [6.45, 7) is 3.54. The molecule has 2 aliphatic heterocycles. The van der Waals surface area contributed by atoms with Crippen molar-refractivity contribution in [2.24, 2.45) is 4.99 Å². The number of imidazole rings is 1. The summed E-state index contributed by atoms with van der Waals surface area (Å²) in [6, 6.07) is 5.74. The Labute approximate surface area is 177 Å². The minimum absolute atomic E-state index is 0. The molecule has 0 spiro atoms. The Kier molecular flexibility index (Phi) is 6.92. The van der Waals surface area contributed by atoms with Gasteiger partial charge in [-0.3, -0.25) is 4.99 Å². The summed E-state index contributed by atoms with van der Waals surface area (Å²) in [5.41, 5.74) is 1.09. The molecule has 1 N–H and O–H groups in total. The maximum atomic E-state index is 5.97. The van der Waals surface area contributed by atoms with Gasteiger partial charge >= 0.3 is 0 Å². The van der Waals surface area contributed by atoms with Crippen molar-refractivity contribution in [2.75, 3.05) is 20.1 Å². The summed E-state index contributed by atoms with van der Waals surface area (Å²) in [4.78, 5) is 15.7. The predicted octanol–water partition coefficient (Wildman–Crippen LogP) is 2.46. The molecule has 4 rings (SSSR count). The highest BCUT2D eigenvalue weighted by molar-refractivity contribution is 14.0. The molecule has 1 unspecified atom stereocenters. The highest BCUT2D eigenvalue weighted by Gasteiger charge is 2.26. The fraction of sp³-hybridized carbons (Fsp3) is 0.526. The first-order chi connectivity index (χ1) is 12.8. The highest BCUT2D eigenvalue weighted by Crippen LogP contribution is 2.17. The minimum atomic E-state index is 0. The minimum Gasteiger partial charge on any atom is -0.472 e. The van der Waals surface area contributed by atoms with Gasteiger partial charge < -0.3 is 19.5 Å². The van der Waals surface area contributed by atoms with Crippen molar-refractivity contribution in [2.45, 2.75) is 44.9 Å². The van der Waals surface area contributed by atoms with Crippen LogP contribution in [-0.4, -0.2) is 51.6 Å². The summed E-state index contributed by atoms with van der Waals surface area (Å²) in [6.07, 6.45) is 8.63. The van der Waals surface area contributed by atoms with Crippen LogP contribution in [0.5, 0.6) is 5.88 Å². The fourth-order valence-corrected chi connectivity index (χ4v) is 3.66. The van der Waals surface area contributed by atoms with Gasteiger partial charge in [-0.05, 0) is 18.9 Å². The zero-order chi connectivity index (χ0) is 17.8. The lowest BCUT2D eigenvalue weighted by molar-refractivity contribution is 0.205. The van der Waals surface area contributed by atoms with E-state index in [0.29, 0.717) is 12.4 Å². The number of aryl methyl sites for hydroxylation is 2. The van der Waals surface area contributed by atoms with E-state index in [0.717, 1.165) is 44.1 Å². The van der Waals surface area contributed by atoms with Gasteiger partial charge in [-0.1, -0.05) is 6.07 Å². The number of hydrogen-bond acceptors (Lipinski definition) is 4. The average Bonchev–Trinajstić information content (AvgIpc) is 3.30. The standard InChI is InChI=1S/C19H26N6O.HI/c1-20-19(22-12-15-13-24-10-5-3-6-17(24)23-15)25-11-8-16(14-25)26-18-7-2-4-9-21-18;/h2,4,7,9,13,16H,3,5-6,8,10-12,14H2,1H3,(H,20,22);1H. The average molecular weight is 482 g/mol. The van der Waals surface area contributed by atoms with Gasteiger partial charge in [0, 0.05) is 51.4 Å². The smallest absolute Gasteiger partial charge is 0.213 e. The normalized spacial score (nSPS) is 19.4. The van der Waals surface area contributed by atoms with Crippen LogP contribution in [0.2, 0.25) is 0 Å². The molecule has 146 valence electrons. The Morgan fingerprint density at radius 3 is 3.04 bits per heavy atom. The molecule has 8 heteroatoms. The lowest BCUT2D eigenvalue weighted by atomic mass is 10.2. The Morgan fingerprint density at radius 2 is 2.26 bits per heavy atom. The van der Waals surface area contributed by atoms with E-state index in [4.69, 9.17) is 9.72 Å². The second kappa shape index (κ2) is 9.38. The second-order valence-electron chi connectivity index (χ2n) is 6.84. The van der Waals surface area contributed by atoms with Gasteiger partial charge in [0.25, 0.3) is 0 Å². The summed E-state index contributed by atoms with van der Waals surface area (Å²) in [5.74, 6) is 2.81. The quantitative estimate of drug-likeness (QED) is 0.412. The number of nitrogens with one attached hydrogen (secondary N) is 1. The Morgan fingerprint density at radius 1 is 1.33 bits per heavy atom. The zero-order valence-corrected chi connectivity index (χ0v) is 18.0. The first-order valence-electron chi connectivity index (χ1n) is 9.40. The SMILES string of the molecule is CN=C(NCc1cn2c(n1)CCCC2)N1CCC(Oc2ccccn2)C1.I. The molecular weight excluding hydrogens is 455 g/mol. The van der Waals surface area contributed by atoms with E-state index in [1.165, 1.54) is 18.7 Å². The van der Waals surface area contributed by atoms with E-state index in [1.54, 1.807) is 6.20 Å². The lowest BCUT2D eigenvalue weighted by Gasteiger charge is -2.21. The van der Waals surface area contributed by atoms with Crippen LogP contribution in [0.15, 0.2) is 35.6 Å². The van der Waals surface area contributed by atoms with Crippen molar-refractivity contribution in [3.05, 3.63) is 42.1 Å². The summed E-state index contributed by atoms with van der Waals surface area (Å²) in [5, 5.41) is 3.45. The molecule has 0 aromatic carbocycles. The van der Waals surface area contributed by atoms with Crippen LogP contribution in [-0.2, 0) is 19.5 Å².